The molecule has 0 aliphatic carbocycles. The van der Waals surface area contributed by atoms with Crippen molar-refractivity contribution in [3.8, 4) is 0 Å². The minimum atomic E-state index is 0.429. The molecule has 0 amide bonds. The SMILES string of the molecule is C/C=C/C(/C=C\C(Cl)=C/C)CC1=CCOCC1. The molecule has 0 N–H and O–H groups in total. The number of halogens is 1. The van der Waals surface area contributed by atoms with Crippen LogP contribution in [0.2, 0.25) is 0 Å². The van der Waals surface area contributed by atoms with Crippen molar-refractivity contribution in [1.82, 2.24) is 0 Å². The molecule has 0 spiro atoms. The van der Waals surface area contributed by atoms with Crippen LogP contribution in [0.5, 0.6) is 0 Å². The Labute approximate surface area is 110 Å². The standard InChI is InChI=1S/C15H21ClO/c1-3-5-13(6-7-15(16)4-2)12-14-8-10-17-11-9-14/h3-8,13H,9-12H2,1-2H3/b5-3+,7-6-,15-4+. The fraction of sp³-hybridized carbons (Fsp3) is 0.467. The van der Waals surface area contributed by atoms with E-state index in [-0.39, 0.29) is 0 Å². The molecule has 0 bridgehead atoms. The van der Waals surface area contributed by atoms with Crippen molar-refractivity contribution in [3.63, 3.8) is 0 Å². The Hall–Kier alpha value is -0.790. The molecule has 94 valence electrons. The lowest BCUT2D eigenvalue weighted by molar-refractivity contribution is 0.153. The first-order valence-electron chi connectivity index (χ1n) is 6.14. The summed E-state index contributed by atoms with van der Waals surface area (Å²) in [6, 6.07) is 0. The maximum atomic E-state index is 5.97. The monoisotopic (exact) mass is 252 g/mol. The smallest absolute Gasteiger partial charge is 0.0650 e. The highest BCUT2D eigenvalue weighted by atomic mass is 35.5. The second-order valence-electron chi connectivity index (χ2n) is 4.11. The zero-order chi connectivity index (χ0) is 12.5. The van der Waals surface area contributed by atoms with Crippen LogP contribution in [0.3, 0.4) is 0 Å². The van der Waals surface area contributed by atoms with Crippen molar-refractivity contribution in [2.45, 2.75) is 26.7 Å². The van der Waals surface area contributed by atoms with E-state index >= 15 is 0 Å². The van der Waals surface area contributed by atoms with E-state index < -0.39 is 0 Å². The van der Waals surface area contributed by atoms with Crippen LogP contribution in [-0.4, -0.2) is 13.2 Å². The Morgan fingerprint density at radius 1 is 1.47 bits per heavy atom. The quantitative estimate of drug-likeness (QED) is 0.513. The van der Waals surface area contributed by atoms with Crippen molar-refractivity contribution < 1.29 is 4.74 Å². The fourth-order valence-electron chi connectivity index (χ4n) is 1.81. The third-order valence-corrected chi connectivity index (χ3v) is 3.12. The zero-order valence-corrected chi connectivity index (χ0v) is 11.4. The van der Waals surface area contributed by atoms with Crippen LogP contribution in [0.25, 0.3) is 0 Å². The summed E-state index contributed by atoms with van der Waals surface area (Å²) in [4.78, 5) is 0. The number of hydrogen-bond acceptors (Lipinski definition) is 1. The van der Waals surface area contributed by atoms with Crippen molar-refractivity contribution in [2.24, 2.45) is 5.92 Å². The second kappa shape index (κ2) is 8.32. The van der Waals surface area contributed by atoms with Gasteiger partial charge in [-0.3, -0.25) is 0 Å². The molecule has 2 heteroatoms. The summed E-state index contributed by atoms with van der Waals surface area (Å²) in [5.74, 6) is 0.429. The molecule has 1 aliphatic heterocycles. The molecule has 1 nitrogen and oxygen atoms in total. The summed E-state index contributed by atoms with van der Waals surface area (Å²) >= 11 is 5.97. The minimum Gasteiger partial charge on any atom is -0.377 e. The van der Waals surface area contributed by atoms with Gasteiger partial charge in [0.25, 0.3) is 0 Å². The Bertz CT molecular complexity index is 337. The lowest BCUT2D eigenvalue weighted by atomic mass is 9.95. The van der Waals surface area contributed by atoms with E-state index in [0.29, 0.717) is 5.92 Å². The van der Waals surface area contributed by atoms with Gasteiger partial charge < -0.3 is 4.74 Å². The molecule has 1 aliphatic rings. The first-order chi connectivity index (χ1) is 8.26. The van der Waals surface area contributed by atoms with E-state index in [2.05, 4.69) is 31.2 Å². The third kappa shape index (κ3) is 5.90. The largest absolute Gasteiger partial charge is 0.377 e. The van der Waals surface area contributed by atoms with Crippen LogP contribution in [0.1, 0.15) is 26.7 Å². The highest BCUT2D eigenvalue weighted by Crippen LogP contribution is 2.21. The number of rotatable bonds is 5. The van der Waals surface area contributed by atoms with Gasteiger partial charge in [-0.15, -0.1) is 0 Å². The van der Waals surface area contributed by atoms with E-state index in [9.17, 15) is 0 Å². The molecule has 0 fully saturated rings. The molecule has 1 atom stereocenters. The van der Waals surface area contributed by atoms with Crippen molar-refractivity contribution in [1.29, 1.82) is 0 Å². The Kier molecular flexibility index (Phi) is 6.99. The van der Waals surface area contributed by atoms with Crippen LogP contribution in [0.15, 0.2) is 47.1 Å². The molecule has 0 radical (unpaired) electrons. The van der Waals surface area contributed by atoms with E-state index in [1.807, 2.05) is 19.1 Å². The summed E-state index contributed by atoms with van der Waals surface area (Å²) in [6.45, 7) is 5.61. The molecule has 1 unspecified atom stereocenters. The van der Waals surface area contributed by atoms with Gasteiger partial charge in [-0.1, -0.05) is 47.6 Å². The first-order valence-corrected chi connectivity index (χ1v) is 6.52. The van der Waals surface area contributed by atoms with E-state index in [4.69, 9.17) is 16.3 Å². The average molecular weight is 253 g/mol. The maximum Gasteiger partial charge on any atom is 0.0650 e. The summed E-state index contributed by atoms with van der Waals surface area (Å²) in [7, 11) is 0. The van der Waals surface area contributed by atoms with Gasteiger partial charge in [0.05, 0.1) is 13.2 Å². The van der Waals surface area contributed by atoms with Crippen molar-refractivity contribution in [2.75, 3.05) is 13.2 Å². The van der Waals surface area contributed by atoms with E-state index in [1.54, 1.807) is 0 Å². The highest BCUT2D eigenvalue weighted by Gasteiger charge is 2.08. The predicted molar refractivity (Wildman–Crippen MR) is 75.2 cm³/mol. The van der Waals surface area contributed by atoms with Crippen molar-refractivity contribution in [3.05, 3.63) is 47.1 Å². The second-order valence-corrected chi connectivity index (χ2v) is 4.55. The van der Waals surface area contributed by atoms with Gasteiger partial charge in [-0.05, 0) is 38.7 Å². The van der Waals surface area contributed by atoms with E-state index in [0.717, 1.165) is 31.1 Å². The molecule has 17 heavy (non-hydrogen) atoms. The van der Waals surface area contributed by atoms with Gasteiger partial charge >= 0.3 is 0 Å². The first kappa shape index (κ1) is 14.3. The lowest BCUT2D eigenvalue weighted by Crippen LogP contribution is -2.06. The average Bonchev–Trinajstić information content (AvgIpc) is 2.37. The molecule has 1 heterocycles. The molecular formula is C15H21ClO. The van der Waals surface area contributed by atoms with Crippen LogP contribution < -0.4 is 0 Å². The lowest BCUT2D eigenvalue weighted by Gasteiger charge is -2.16. The van der Waals surface area contributed by atoms with E-state index in [1.165, 1.54) is 5.57 Å². The predicted octanol–water partition coefficient (Wildman–Crippen LogP) is 4.61. The van der Waals surface area contributed by atoms with Crippen molar-refractivity contribution >= 4 is 11.6 Å². The van der Waals surface area contributed by atoms with Gasteiger partial charge in [-0.25, -0.2) is 0 Å². The summed E-state index contributed by atoms with van der Waals surface area (Å²) < 4.78 is 5.31. The topological polar surface area (TPSA) is 9.23 Å². The van der Waals surface area contributed by atoms with Crippen LogP contribution in [0, 0.1) is 5.92 Å². The normalized spacial score (nSPS) is 19.9. The van der Waals surface area contributed by atoms with Gasteiger partial charge in [-0.2, -0.15) is 0 Å². The Balaban J connectivity index is 2.59. The van der Waals surface area contributed by atoms with Crippen LogP contribution in [0.4, 0.5) is 0 Å². The fourth-order valence-corrected chi connectivity index (χ4v) is 1.89. The minimum absolute atomic E-state index is 0.429. The Morgan fingerprint density at radius 2 is 2.29 bits per heavy atom. The van der Waals surface area contributed by atoms with Gasteiger partial charge in [0, 0.05) is 5.03 Å². The summed E-state index contributed by atoms with van der Waals surface area (Å²) in [6.07, 6.45) is 14.7. The van der Waals surface area contributed by atoms with Gasteiger partial charge in [0.1, 0.15) is 0 Å². The van der Waals surface area contributed by atoms with Gasteiger partial charge in [0.15, 0.2) is 0 Å². The third-order valence-electron chi connectivity index (χ3n) is 2.77. The van der Waals surface area contributed by atoms with Gasteiger partial charge in [0.2, 0.25) is 0 Å². The van der Waals surface area contributed by atoms with Crippen LogP contribution >= 0.6 is 11.6 Å². The highest BCUT2D eigenvalue weighted by molar-refractivity contribution is 6.31. The maximum absolute atomic E-state index is 5.97. The molecular weight excluding hydrogens is 232 g/mol. The summed E-state index contributed by atoms with van der Waals surface area (Å²) in [5.41, 5.74) is 1.49. The van der Waals surface area contributed by atoms with Crippen LogP contribution in [-0.2, 0) is 4.74 Å². The molecule has 0 aromatic heterocycles. The number of allylic oxidation sites excluding steroid dienone is 6. The number of ether oxygens (including phenoxy) is 1. The molecule has 1 rings (SSSR count). The Morgan fingerprint density at radius 3 is 2.88 bits per heavy atom. The zero-order valence-electron chi connectivity index (χ0n) is 10.7. The molecule has 0 saturated heterocycles. The molecule has 0 saturated carbocycles. The number of hydrogen-bond donors (Lipinski definition) is 0. The molecule has 0 aromatic carbocycles. The summed E-state index contributed by atoms with van der Waals surface area (Å²) in [5, 5.41) is 0.792. The molecule has 0 aromatic rings.